The molecule has 2 aromatic rings. The summed E-state index contributed by atoms with van der Waals surface area (Å²) >= 11 is 5.73. The maximum Gasteiger partial charge on any atom is 0.260 e. The molecule has 4 nitrogen and oxygen atoms in total. The number of halogens is 1. The van der Waals surface area contributed by atoms with E-state index < -0.39 is 0 Å². The van der Waals surface area contributed by atoms with Gasteiger partial charge in [-0.05, 0) is 30.7 Å². The van der Waals surface area contributed by atoms with Crippen molar-refractivity contribution in [2.45, 2.75) is 12.8 Å². The lowest BCUT2D eigenvalue weighted by molar-refractivity contribution is -0.117. The highest BCUT2D eigenvalue weighted by molar-refractivity contribution is 6.19. The number of para-hydroxylation sites is 3. The van der Waals surface area contributed by atoms with Crippen molar-refractivity contribution in [3.63, 3.8) is 0 Å². The Kier molecular flexibility index (Phi) is 4.35. The van der Waals surface area contributed by atoms with Crippen LogP contribution in [-0.4, -0.2) is 24.7 Å². The first-order valence-corrected chi connectivity index (χ1v) is 8.03. The summed E-state index contributed by atoms with van der Waals surface area (Å²) < 4.78 is 0. The van der Waals surface area contributed by atoms with E-state index in [9.17, 15) is 9.59 Å². The van der Waals surface area contributed by atoms with Crippen LogP contribution in [0.3, 0.4) is 0 Å². The van der Waals surface area contributed by atoms with E-state index in [1.807, 2.05) is 42.5 Å². The average Bonchev–Trinajstić information content (AvgIpc) is 2.68. The Morgan fingerprint density at radius 2 is 1.61 bits per heavy atom. The minimum Gasteiger partial charge on any atom is -0.309 e. The second kappa shape index (κ2) is 6.42. The normalized spacial score (nSPS) is 13.4. The number of rotatable bonds is 3. The fraction of sp³-hybridized carbons (Fsp3) is 0.222. The van der Waals surface area contributed by atoms with Crippen LogP contribution in [0.2, 0.25) is 0 Å². The van der Waals surface area contributed by atoms with Crippen molar-refractivity contribution >= 4 is 40.5 Å². The standard InChI is InChI=1S/C18H17ClN2O2/c1-20-15-9-4-5-10-16(15)21(17(22)11-6-12-19)14-8-3-2-7-13(14)18(20)23/h2-5,7-10H,6,11-12H2,1H3. The molecule has 0 atom stereocenters. The molecule has 1 aliphatic heterocycles. The lowest BCUT2D eigenvalue weighted by atomic mass is 10.1. The molecule has 118 valence electrons. The molecule has 0 aliphatic carbocycles. The van der Waals surface area contributed by atoms with Crippen LogP contribution in [0.15, 0.2) is 48.5 Å². The fourth-order valence-corrected chi connectivity index (χ4v) is 2.94. The molecule has 1 aliphatic rings. The van der Waals surface area contributed by atoms with E-state index >= 15 is 0 Å². The summed E-state index contributed by atoms with van der Waals surface area (Å²) in [5.41, 5.74) is 2.57. The van der Waals surface area contributed by atoms with E-state index in [1.165, 1.54) is 0 Å². The highest BCUT2D eigenvalue weighted by atomic mass is 35.5. The van der Waals surface area contributed by atoms with Crippen molar-refractivity contribution in [1.82, 2.24) is 0 Å². The van der Waals surface area contributed by atoms with Gasteiger partial charge in [0.15, 0.2) is 0 Å². The molecule has 5 heteroatoms. The molecule has 0 spiro atoms. The number of fused-ring (bicyclic) bond motifs is 2. The number of hydrogen-bond donors (Lipinski definition) is 0. The van der Waals surface area contributed by atoms with Crippen LogP contribution in [0.1, 0.15) is 23.2 Å². The lowest BCUT2D eigenvalue weighted by Gasteiger charge is -2.24. The maximum absolute atomic E-state index is 12.8. The van der Waals surface area contributed by atoms with E-state index in [0.717, 1.165) is 0 Å². The van der Waals surface area contributed by atoms with Crippen LogP contribution in [-0.2, 0) is 4.79 Å². The second-order valence-corrected chi connectivity index (χ2v) is 5.77. The molecule has 3 rings (SSSR count). The van der Waals surface area contributed by atoms with E-state index in [-0.39, 0.29) is 11.8 Å². The van der Waals surface area contributed by atoms with E-state index in [2.05, 4.69) is 0 Å². The summed E-state index contributed by atoms with van der Waals surface area (Å²) in [6.07, 6.45) is 0.940. The van der Waals surface area contributed by atoms with Crippen LogP contribution < -0.4 is 9.80 Å². The van der Waals surface area contributed by atoms with Gasteiger partial charge in [-0.3, -0.25) is 14.5 Å². The van der Waals surface area contributed by atoms with Crippen LogP contribution in [0.4, 0.5) is 17.1 Å². The predicted octanol–water partition coefficient (Wildman–Crippen LogP) is 3.96. The predicted molar refractivity (Wildman–Crippen MR) is 92.7 cm³/mol. The molecule has 2 amide bonds. The lowest BCUT2D eigenvalue weighted by Crippen LogP contribution is -2.26. The zero-order valence-corrected chi connectivity index (χ0v) is 13.6. The van der Waals surface area contributed by atoms with E-state index in [1.54, 1.807) is 22.9 Å². The Labute approximate surface area is 140 Å². The topological polar surface area (TPSA) is 40.6 Å². The number of hydrogen-bond acceptors (Lipinski definition) is 2. The van der Waals surface area contributed by atoms with Crippen LogP contribution in [0, 0.1) is 0 Å². The SMILES string of the molecule is CN1C(=O)c2ccccc2N(C(=O)CCCCl)c2ccccc21. The van der Waals surface area contributed by atoms with Gasteiger partial charge in [0, 0.05) is 19.3 Å². The van der Waals surface area contributed by atoms with Crippen LogP contribution >= 0.6 is 11.6 Å². The number of carbonyl (C=O) groups excluding carboxylic acids is 2. The van der Waals surface area contributed by atoms with E-state index in [4.69, 9.17) is 11.6 Å². The van der Waals surface area contributed by atoms with Crippen LogP contribution in [0.5, 0.6) is 0 Å². The maximum atomic E-state index is 12.8. The summed E-state index contributed by atoms with van der Waals surface area (Å²) in [5.74, 6) is 0.246. The molecule has 1 heterocycles. The van der Waals surface area contributed by atoms with Gasteiger partial charge in [0.1, 0.15) is 0 Å². The van der Waals surface area contributed by atoms with Gasteiger partial charge in [-0.1, -0.05) is 24.3 Å². The summed E-state index contributed by atoms with van der Waals surface area (Å²) in [7, 11) is 1.73. The van der Waals surface area contributed by atoms with Crippen molar-refractivity contribution in [3.8, 4) is 0 Å². The number of anilines is 3. The van der Waals surface area contributed by atoms with Gasteiger partial charge >= 0.3 is 0 Å². The number of nitrogens with zero attached hydrogens (tertiary/aromatic N) is 2. The van der Waals surface area contributed by atoms with Crippen molar-refractivity contribution in [1.29, 1.82) is 0 Å². The molecule has 0 saturated carbocycles. The first-order valence-electron chi connectivity index (χ1n) is 7.50. The summed E-state index contributed by atoms with van der Waals surface area (Å²) in [5, 5.41) is 0. The van der Waals surface area contributed by atoms with Gasteiger partial charge < -0.3 is 4.90 Å². The molecule has 0 unspecified atom stereocenters. The summed E-state index contributed by atoms with van der Waals surface area (Å²) in [6, 6.07) is 14.6. The average molecular weight is 329 g/mol. The van der Waals surface area contributed by atoms with Gasteiger partial charge in [-0.15, -0.1) is 11.6 Å². The molecule has 0 aromatic heterocycles. The van der Waals surface area contributed by atoms with Gasteiger partial charge in [0.2, 0.25) is 5.91 Å². The minimum atomic E-state index is -0.124. The molecular weight excluding hydrogens is 312 g/mol. The van der Waals surface area contributed by atoms with Gasteiger partial charge in [-0.2, -0.15) is 0 Å². The Bertz CT molecular complexity index is 760. The number of alkyl halides is 1. The van der Waals surface area contributed by atoms with Crippen molar-refractivity contribution in [3.05, 3.63) is 54.1 Å². The Morgan fingerprint density at radius 3 is 2.30 bits per heavy atom. The molecule has 0 N–H and O–H groups in total. The van der Waals surface area contributed by atoms with Crippen molar-refractivity contribution in [2.24, 2.45) is 0 Å². The number of amides is 2. The second-order valence-electron chi connectivity index (χ2n) is 5.39. The molecule has 23 heavy (non-hydrogen) atoms. The third kappa shape index (κ3) is 2.70. The number of benzene rings is 2. The van der Waals surface area contributed by atoms with Gasteiger partial charge in [0.05, 0.1) is 22.6 Å². The van der Waals surface area contributed by atoms with Crippen LogP contribution in [0.25, 0.3) is 0 Å². The number of carbonyl (C=O) groups is 2. The zero-order chi connectivity index (χ0) is 16.4. The first kappa shape index (κ1) is 15.6. The van der Waals surface area contributed by atoms with Crippen molar-refractivity contribution < 1.29 is 9.59 Å². The molecule has 0 saturated heterocycles. The summed E-state index contributed by atoms with van der Waals surface area (Å²) in [4.78, 5) is 28.8. The third-order valence-electron chi connectivity index (χ3n) is 3.94. The Morgan fingerprint density at radius 1 is 1.00 bits per heavy atom. The largest absolute Gasteiger partial charge is 0.309 e. The highest BCUT2D eigenvalue weighted by Gasteiger charge is 2.31. The zero-order valence-electron chi connectivity index (χ0n) is 12.8. The highest BCUT2D eigenvalue weighted by Crippen LogP contribution is 2.40. The summed E-state index contributed by atoms with van der Waals surface area (Å²) in [6.45, 7) is 0. The quantitative estimate of drug-likeness (QED) is 0.800. The molecule has 0 fully saturated rings. The Hall–Kier alpha value is -2.33. The smallest absolute Gasteiger partial charge is 0.260 e. The first-order chi connectivity index (χ1) is 11.1. The molecular formula is C18H17ClN2O2. The molecule has 0 radical (unpaired) electrons. The fourth-order valence-electron chi connectivity index (χ4n) is 2.80. The third-order valence-corrected chi connectivity index (χ3v) is 4.20. The molecule has 0 bridgehead atoms. The monoisotopic (exact) mass is 328 g/mol. The molecule has 2 aromatic carbocycles. The van der Waals surface area contributed by atoms with Crippen molar-refractivity contribution in [2.75, 3.05) is 22.7 Å². The minimum absolute atomic E-state index is 0.0614. The van der Waals surface area contributed by atoms with Gasteiger partial charge in [0.25, 0.3) is 5.91 Å². The van der Waals surface area contributed by atoms with E-state index in [0.29, 0.717) is 41.3 Å². The Balaban J connectivity index is 2.21. The van der Waals surface area contributed by atoms with Gasteiger partial charge in [-0.25, -0.2) is 0 Å².